The summed E-state index contributed by atoms with van der Waals surface area (Å²) in [6.07, 6.45) is -0.167. The van der Waals surface area contributed by atoms with Gasteiger partial charge in [-0.1, -0.05) is 30.3 Å². The number of urea groups is 1. The van der Waals surface area contributed by atoms with Gasteiger partial charge in [0.1, 0.15) is 0 Å². The van der Waals surface area contributed by atoms with Gasteiger partial charge in [-0.3, -0.25) is 10.1 Å². The second-order valence-corrected chi connectivity index (χ2v) is 8.02. The normalized spacial score (nSPS) is 11.9. The molecule has 0 aliphatic heterocycles. The number of rotatable bonds is 6. The van der Waals surface area contributed by atoms with E-state index in [1.165, 1.54) is 31.2 Å². The van der Waals surface area contributed by atoms with E-state index in [1.54, 1.807) is 0 Å². The summed E-state index contributed by atoms with van der Waals surface area (Å²) in [6, 6.07) is 13.5. The van der Waals surface area contributed by atoms with Crippen LogP contribution >= 0.6 is 0 Å². The van der Waals surface area contributed by atoms with Gasteiger partial charge in [-0.05, 0) is 36.8 Å². The molecule has 8 nitrogen and oxygen atoms in total. The van der Waals surface area contributed by atoms with E-state index in [2.05, 4.69) is 10.6 Å². The van der Waals surface area contributed by atoms with Crippen molar-refractivity contribution in [2.75, 3.05) is 6.26 Å². The molecular formula is C19H20N2O6S. The van der Waals surface area contributed by atoms with Crippen LogP contribution in [0.1, 0.15) is 22.8 Å². The van der Waals surface area contributed by atoms with Crippen molar-refractivity contribution < 1.29 is 27.5 Å². The van der Waals surface area contributed by atoms with E-state index in [4.69, 9.17) is 4.74 Å². The molecule has 2 rings (SSSR count). The summed E-state index contributed by atoms with van der Waals surface area (Å²) in [6.45, 7) is 1.56. The summed E-state index contributed by atoms with van der Waals surface area (Å²) in [5.74, 6) is -1.60. The Balaban J connectivity index is 1.85. The third-order valence-corrected chi connectivity index (χ3v) is 4.83. The summed E-state index contributed by atoms with van der Waals surface area (Å²) in [5.41, 5.74) is 0.947. The molecule has 0 unspecified atom stereocenters. The van der Waals surface area contributed by atoms with Crippen LogP contribution < -0.4 is 10.6 Å². The first-order valence-electron chi connectivity index (χ1n) is 8.30. The van der Waals surface area contributed by atoms with Crippen molar-refractivity contribution in [3.8, 4) is 0 Å². The van der Waals surface area contributed by atoms with Crippen LogP contribution in [0.25, 0.3) is 0 Å². The maximum absolute atomic E-state index is 12.1. The molecule has 3 amide bonds. The van der Waals surface area contributed by atoms with Gasteiger partial charge in [0.15, 0.2) is 15.9 Å². The van der Waals surface area contributed by atoms with E-state index in [0.717, 1.165) is 11.8 Å². The molecule has 0 saturated carbocycles. The molecule has 1 atom stereocenters. The molecule has 0 spiro atoms. The number of sulfone groups is 1. The third kappa shape index (κ3) is 6.20. The number of esters is 1. The molecule has 148 valence electrons. The smallest absolute Gasteiger partial charge is 0.338 e. The van der Waals surface area contributed by atoms with Crippen molar-refractivity contribution >= 4 is 27.7 Å². The minimum Gasteiger partial charge on any atom is -0.449 e. The number of ether oxygens (including phenoxy) is 1. The predicted octanol–water partition coefficient (Wildman–Crippen LogP) is 1.66. The van der Waals surface area contributed by atoms with Crippen molar-refractivity contribution in [1.82, 2.24) is 10.6 Å². The molecule has 9 heteroatoms. The molecule has 28 heavy (non-hydrogen) atoms. The lowest BCUT2D eigenvalue weighted by atomic mass is 10.2. The van der Waals surface area contributed by atoms with Crippen LogP contribution in [-0.2, 0) is 25.9 Å². The zero-order valence-electron chi connectivity index (χ0n) is 15.3. The number of carbonyl (C=O) groups excluding carboxylic acids is 3. The van der Waals surface area contributed by atoms with Gasteiger partial charge in [-0.2, -0.15) is 0 Å². The molecular weight excluding hydrogens is 384 g/mol. The molecule has 0 fully saturated rings. The van der Waals surface area contributed by atoms with Crippen molar-refractivity contribution in [2.24, 2.45) is 0 Å². The molecule has 0 bridgehead atoms. The lowest BCUT2D eigenvalue weighted by Crippen LogP contribution is -2.44. The highest BCUT2D eigenvalue weighted by Gasteiger charge is 2.21. The number of carbonyl (C=O) groups is 3. The fourth-order valence-electron chi connectivity index (χ4n) is 2.16. The molecule has 2 aromatic rings. The maximum Gasteiger partial charge on any atom is 0.338 e. The zero-order chi connectivity index (χ0) is 20.7. The summed E-state index contributed by atoms with van der Waals surface area (Å²) in [7, 11) is -3.38. The first-order valence-corrected chi connectivity index (χ1v) is 10.2. The topological polar surface area (TPSA) is 119 Å². The van der Waals surface area contributed by atoms with Crippen molar-refractivity contribution in [3.05, 3.63) is 65.7 Å². The molecule has 2 aromatic carbocycles. The number of amides is 3. The molecule has 0 aromatic heterocycles. The minimum absolute atomic E-state index is 0.0601. The fourth-order valence-corrected chi connectivity index (χ4v) is 2.79. The van der Waals surface area contributed by atoms with Crippen LogP contribution in [0, 0.1) is 0 Å². The molecule has 0 saturated heterocycles. The number of imide groups is 1. The monoisotopic (exact) mass is 404 g/mol. The summed E-state index contributed by atoms with van der Waals surface area (Å²) in [4.78, 5) is 35.9. The highest BCUT2D eigenvalue weighted by Crippen LogP contribution is 2.12. The Labute approximate surface area is 162 Å². The van der Waals surface area contributed by atoms with Gasteiger partial charge in [0.25, 0.3) is 5.91 Å². The van der Waals surface area contributed by atoms with E-state index < -0.39 is 33.8 Å². The van der Waals surface area contributed by atoms with Crippen molar-refractivity contribution in [1.29, 1.82) is 0 Å². The summed E-state index contributed by atoms with van der Waals surface area (Å²) >= 11 is 0. The van der Waals surface area contributed by atoms with Crippen molar-refractivity contribution in [2.45, 2.75) is 24.5 Å². The van der Waals surface area contributed by atoms with E-state index in [1.807, 2.05) is 30.3 Å². The van der Waals surface area contributed by atoms with Crippen LogP contribution in [-0.4, -0.2) is 38.7 Å². The summed E-state index contributed by atoms with van der Waals surface area (Å²) in [5, 5.41) is 4.61. The highest BCUT2D eigenvalue weighted by molar-refractivity contribution is 7.90. The van der Waals surface area contributed by atoms with E-state index in [-0.39, 0.29) is 17.0 Å². The van der Waals surface area contributed by atoms with Gasteiger partial charge >= 0.3 is 12.0 Å². The lowest BCUT2D eigenvalue weighted by Gasteiger charge is -2.13. The highest BCUT2D eigenvalue weighted by atomic mass is 32.2. The first kappa shape index (κ1) is 21.1. The van der Waals surface area contributed by atoms with E-state index in [0.29, 0.717) is 0 Å². The Kier molecular flexibility index (Phi) is 6.89. The number of benzene rings is 2. The second kappa shape index (κ2) is 9.14. The minimum atomic E-state index is -3.38. The Morgan fingerprint density at radius 2 is 1.61 bits per heavy atom. The van der Waals surface area contributed by atoms with Crippen molar-refractivity contribution in [3.63, 3.8) is 0 Å². The second-order valence-electron chi connectivity index (χ2n) is 6.00. The van der Waals surface area contributed by atoms with Gasteiger partial charge < -0.3 is 10.1 Å². The number of nitrogens with one attached hydrogen (secondary N) is 2. The Hall–Kier alpha value is -3.20. The fraction of sp³-hybridized carbons (Fsp3) is 0.211. The largest absolute Gasteiger partial charge is 0.449 e. The number of hydrogen-bond donors (Lipinski definition) is 2. The SMILES string of the molecule is C[C@@H](OC(=O)c1ccc(S(C)(=O)=O)cc1)C(=O)NC(=O)NCc1ccccc1. The first-order chi connectivity index (χ1) is 13.2. The Morgan fingerprint density at radius 3 is 2.18 bits per heavy atom. The molecule has 0 radical (unpaired) electrons. The van der Waals surface area contributed by atoms with Crippen LogP contribution in [0.5, 0.6) is 0 Å². The standard InChI is InChI=1S/C19H20N2O6S/c1-13(17(22)21-19(24)20-12-14-6-4-3-5-7-14)27-18(23)15-8-10-16(11-9-15)28(2,25)26/h3-11,13H,12H2,1-2H3,(H2,20,21,22,24)/t13-/m1/s1. The Bertz CT molecular complexity index is 956. The third-order valence-electron chi connectivity index (χ3n) is 3.70. The van der Waals surface area contributed by atoms with Gasteiger partial charge in [-0.15, -0.1) is 0 Å². The predicted molar refractivity (Wildman–Crippen MR) is 101 cm³/mol. The lowest BCUT2D eigenvalue weighted by molar-refractivity contribution is -0.127. The van der Waals surface area contributed by atoms with E-state index in [9.17, 15) is 22.8 Å². The van der Waals surface area contributed by atoms with Gasteiger partial charge in [0.2, 0.25) is 0 Å². The molecule has 0 aliphatic carbocycles. The number of hydrogen-bond acceptors (Lipinski definition) is 6. The summed E-state index contributed by atoms with van der Waals surface area (Å²) < 4.78 is 27.8. The Morgan fingerprint density at radius 1 is 1.00 bits per heavy atom. The molecule has 0 aliphatic rings. The van der Waals surface area contributed by atoms with Crippen LogP contribution in [0.2, 0.25) is 0 Å². The average molecular weight is 404 g/mol. The zero-order valence-corrected chi connectivity index (χ0v) is 16.2. The van der Waals surface area contributed by atoms with Crippen LogP contribution in [0.15, 0.2) is 59.5 Å². The van der Waals surface area contributed by atoms with E-state index >= 15 is 0 Å². The quantitative estimate of drug-likeness (QED) is 0.707. The van der Waals surface area contributed by atoms with Gasteiger partial charge in [0.05, 0.1) is 10.5 Å². The van der Waals surface area contributed by atoms with Crippen LogP contribution in [0.4, 0.5) is 4.79 Å². The van der Waals surface area contributed by atoms with Crippen LogP contribution in [0.3, 0.4) is 0 Å². The maximum atomic E-state index is 12.1. The van der Waals surface area contributed by atoms with Gasteiger partial charge in [0, 0.05) is 12.8 Å². The van der Waals surface area contributed by atoms with Gasteiger partial charge in [-0.25, -0.2) is 18.0 Å². The molecule has 0 heterocycles. The average Bonchev–Trinajstić information content (AvgIpc) is 2.66. The molecule has 2 N–H and O–H groups in total.